The molecule has 118 valence electrons. The topological polar surface area (TPSA) is 66.5 Å². The smallest absolute Gasteiger partial charge is 0.278 e. The molecular weight excluding hydrogens is 381 g/mol. The van der Waals surface area contributed by atoms with E-state index in [0.29, 0.717) is 5.69 Å². The maximum Gasteiger partial charge on any atom is 0.278 e. The zero-order chi connectivity index (χ0) is 16.7. The minimum Gasteiger partial charge on any atom is -0.302 e. The number of nitrogens with zero attached hydrogens (tertiary/aromatic N) is 1. The van der Waals surface area contributed by atoms with Crippen molar-refractivity contribution >= 4 is 69.8 Å². The van der Waals surface area contributed by atoms with E-state index in [1.807, 2.05) is 5.32 Å². The minimum atomic E-state index is -2.30. The van der Waals surface area contributed by atoms with E-state index in [1.54, 1.807) is 0 Å². The monoisotopic (exact) mass is 386 g/mol. The van der Waals surface area contributed by atoms with Gasteiger partial charge in [-0.3, -0.25) is 19.7 Å². The van der Waals surface area contributed by atoms with E-state index >= 15 is 0 Å². The number of nitrogens with one attached hydrogen (secondary N) is 1. The summed E-state index contributed by atoms with van der Waals surface area (Å²) in [5.41, 5.74) is 0.583. The maximum atomic E-state index is 13.4. The van der Waals surface area contributed by atoms with Crippen molar-refractivity contribution in [3.63, 3.8) is 0 Å². The largest absolute Gasteiger partial charge is 0.302 e. The van der Waals surface area contributed by atoms with Crippen LogP contribution in [0.15, 0.2) is 12.1 Å². The first-order chi connectivity index (χ1) is 10.1. The molecule has 2 rings (SSSR count). The Labute approximate surface area is 144 Å². The highest BCUT2D eigenvalue weighted by Gasteiger charge is 2.35. The van der Waals surface area contributed by atoms with Crippen molar-refractivity contribution in [1.29, 1.82) is 0 Å². The number of carbonyl (C=O) groups excluding carboxylic acids is 3. The van der Waals surface area contributed by atoms with Crippen LogP contribution in [0, 0.1) is 5.82 Å². The number of hydrogen-bond donors (Lipinski definition) is 1. The number of fused-ring (bicyclic) bond motifs is 1. The third-order valence-electron chi connectivity index (χ3n) is 2.90. The van der Waals surface area contributed by atoms with E-state index in [9.17, 15) is 18.8 Å². The van der Waals surface area contributed by atoms with Crippen LogP contribution in [0.2, 0.25) is 5.02 Å². The molecule has 0 aromatic heterocycles. The number of anilines is 1. The van der Waals surface area contributed by atoms with E-state index in [2.05, 4.69) is 0 Å². The maximum absolute atomic E-state index is 13.4. The van der Waals surface area contributed by atoms with Crippen molar-refractivity contribution in [2.24, 2.45) is 0 Å². The van der Waals surface area contributed by atoms with Gasteiger partial charge < -0.3 is 4.90 Å². The molecule has 0 saturated heterocycles. The Morgan fingerprint density at radius 3 is 2.55 bits per heavy atom. The Hall–Kier alpha value is -1.08. The summed E-state index contributed by atoms with van der Waals surface area (Å²) >= 11 is 21.7. The van der Waals surface area contributed by atoms with Crippen LogP contribution in [0.25, 0.3) is 0 Å². The average Bonchev–Trinajstić information content (AvgIpc) is 2.70. The zero-order valence-electron chi connectivity index (χ0n) is 10.6. The van der Waals surface area contributed by atoms with Crippen LogP contribution >= 0.6 is 46.4 Å². The lowest BCUT2D eigenvalue weighted by Gasteiger charge is -2.18. The molecule has 1 aliphatic heterocycles. The molecule has 0 saturated carbocycles. The zero-order valence-corrected chi connectivity index (χ0v) is 13.7. The highest BCUT2D eigenvalue weighted by molar-refractivity contribution is 6.76. The van der Waals surface area contributed by atoms with Gasteiger partial charge in [0.25, 0.3) is 9.70 Å². The van der Waals surface area contributed by atoms with Gasteiger partial charge in [0.05, 0.1) is 11.4 Å². The molecule has 0 spiro atoms. The van der Waals surface area contributed by atoms with Gasteiger partial charge in [0, 0.05) is 11.3 Å². The van der Waals surface area contributed by atoms with Crippen molar-refractivity contribution in [3.8, 4) is 0 Å². The van der Waals surface area contributed by atoms with Crippen LogP contribution in [0.4, 0.5) is 10.1 Å². The molecule has 0 radical (unpaired) electrons. The normalized spacial score (nSPS) is 14.0. The molecule has 0 unspecified atom stereocenters. The predicted octanol–water partition coefficient (Wildman–Crippen LogP) is 2.38. The van der Waals surface area contributed by atoms with Gasteiger partial charge >= 0.3 is 0 Å². The summed E-state index contributed by atoms with van der Waals surface area (Å²) in [5, 5.41) is 1.67. The number of alkyl halides is 3. The SMILES string of the molecule is O=C(CN1C(=O)Cc2c1ccc(F)c2Cl)NC(=O)C(Cl)(Cl)Cl. The molecular formula is C12H7Cl4FN2O3. The van der Waals surface area contributed by atoms with Crippen LogP contribution in [0.1, 0.15) is 5.56 Å². The summed E-state index contributed by atoms with van der Waals surface area (Å²) in [6.07, 6.45) is -0.141. The molecule has 0 aliphatic carbocycles. The fourth-order valence-corrected chi connectivity index (χ4v) is 2.31. The Morgan fingerprint density at radius 2 is 1.95 bits per heavy atom. The van der Waals surface area contributed by atoms with Gasteiger partial charge in [-0.2, -0.15) is 0 Å². The average molecular weight is 388 g/mol. The van der Waals surface area contributed by atoms with Gasteiger partial charge in [0.2, 0.25) is 11.8 Å². The number of halogens is 5. The highest BCUT2D eigenvalue weighted by atomic mass is 35.6. The Morgan fingerprint density at radius 1 is 1.32 bits per heavy atom. The lowest BCUT2D eigenvalue weighted by molar-refractivity contribution is -0.130. The first kappa shape index (κ1) is 17.3. The lowest BCUT2D eigenvalue weighted by atomic mass is 10.1. The van der Waals surface area contributed by atoms with Crippen LogP contribution in [0.5, 0.6) is 0 Å². The molecule has 10 heteroatoms. The third kappa shape index (κ3) is 3.46. The summed E-state index contributed by atoms with van der Waals surface area (Å²) in [5.74, 6) is -3.10. The molecule has 0 fully saturated rings. The summed E-state index contributed by atoms with van der Waals surface area (Å²) in [6, 6.07) is 2.41. The van der Waals surface area contributed by atoms with Gasteiger partial charge in [0.15, 0.2) is 0 Å². The number of hydrogen-bond acceptors (Lipinski definition) is 3. The Bertz CT molecular complexity index is 675. The summed E-state index contributed by atoms with van der Waals surface area (Å²) < 4.78 is 11.1. The van der Waals surface area contributed by atoms with Crippen molar-refractivity contribution in [2.45, 2.75) is 10.2 Å². The Balaban J connectivity index is 2.16. The quantitative estimate of drug-likeness (QED) is 0.792. The molecule has 1 aromatic rings. The summed E-state index contributed by atoms with van der Waals surface area (Å²) in [7, 11) is 0. The first-order valence-electron chi connectivity index (χ1n) is 5.79. The van der Waals surface area contributed by atoms with Gasteiger partial charge in [-0.1, -0.05) is 46.4 Å². The molecule has 5 nitrogen and oxygen atoms in total. The van der Waals surface area contributed by atoms with Gasteiger partial charge in [-0.15, -0.1) is 0 Å². The molecule has 1 aromatic carbocycles. The predicted molar refractivity (Wildman–Crippen MR) is 80.9 cm³/mol. The van der Waals surface area contributed by atoms with E-state index < -0.39 is 33.9 Å². The van der Waals surface area contributed by atoms with Gasteiger partial charge in [-0.05, 0) is 12.1 Å². The standard InChI is InChI=1S/C12H7Cl4FN2O3/c13-10-5-3-9(21)19(7(5)2-1-6(10)17)4-8(20)18-11(22)12(14,15)16/h1-2H,3-4H2,(H,18,20,22). The lowest BCUT2D eigenvalue weighted by Crippen LogP contribution is -2.45. The molecule has 3 amide bonds. The second kappa shape index (κ2) is 6.20. The van der Waals surface area contributed by atoms with Crippen LogP contribution < -0.4 is 10.2 Å². The van der Waals surface area contributed by atoms with E-state index in [1.165, 1.54) is 6.07 Å². The fraction of sp³-hybridized carbons (Fsp3) is 0.250. The molecule has 1 aliphatic rings. The van der Waals surface area contributed by atoms with Gasteiger partial charge in [0.1, 0.15) is 12.4 Å². The molecule has 1 heterocycles. The van der Waals surface area contributed by atoms with E-state index in [0.717, 1.165) is 11.0 Å². The summed E-state index contributed by atoms with van der Waals surface area (Å²) in [6.45, 7) is -0.486. The van der Waals surface area contributed by atoms with Gasteiger partial charge in [-0.25, -0.2) is 4.39 Å². The van der Waals surface area contributed by atoms with Crippen LogP contribution in [-0.4, -0.2) is 28.1 Å². The number of amides is 3. The van der Waals surface area contributed by atoms with E-state index in [4.69, 9.17) is 46.4 Å². The van der Waals surface area contributed by atoms with Crippen molar-refractivity contribution in [3.05, 3.63) is 28.5 Å². The second-order valence-electron chi connectivity index (χ2n) is 4.39. The first-order valence-corrected chi connectivity index (χ1v) is 7.30. The fourth-order valence-electron chi connectivity index (χ4n) is 1.94. The van der Waals surface area contributed by atoms with Crippen molar-refractivity contribution in [2.75, 3.05) is 11.4 Å². The van der Waals surface area contributed by atoms with E-state index in [-0.39, 0.29) is 17.0 Å². The number of benzene rings is 1. The molecule has 1 N–H and O–H groups in total. The minimum absolute atomic E-state index is 0.141. The second-order valence-corrected chi connectivity index (χ2v) is 7.05. The van der Waals surface area contributed by atoms with Crippen LogP contribution in [-0.2, 0) is 20.8 Å². The Kier molecular flexibility index (Phi) is 4.87. The highest BCUT2D eigenvalue weighted by Crippen LogP contribution is 2.35. The number of imide groups is 1. The van der Waals surface area contributed by atoms with Crippen molar-refractivity contribution < 1.29 is 18.8 Å². The number of carbonyl (C=O) groups is 3. The van der Waals surface area contributed by atoms with Crippen molar-refractivity contribution in [1.82, 2.24) is 5.32 Å². The molecule has 0 atom stereocenters. The third-order valence-corrected chi connectivity index (χ3v) is 3.83. The molecule has 22 heavy (non-hydrogen) atoms. The summed E-state index contributed by atoms with van der Waals surface area (Å²) in [4.78, 5) is 36.1. The number of rotatable bonds is 2. The van der Waals surface area contributed by atoms with Crippen LogP contribution in [0.3, 0.4) is 0 Å². The molecule has 0 bridgehead atoms.